The molecule has 58 heavy (non-hydrogen) atoms. The van der Waals surface area contributed by atoms with Gasteiger partial charge in [0.05, 0.1) is 0 Å². The minimum Gasteiger partial charge on any atom is -0.325 e. The molecule has 0 aliphatic heterocycles. The second kappa shape index (κ2) is 19.9. The van der Waals surface area contributed by atoms with Gasteiger partial charge >= 0.3 is 16.2 Å². The molecule has 0 spiro atoms. The number of hydrogen-bond acceptors (Lipinski definition) is 5. The number of benzene rings is 4. The maximum absolute atomic E-state index is 14.2. The minimum absolute atomic E-state index is 0. The Morgan fingerprint density at radius 2 is 0.914 bits per heavy atom. The predicted octanol–water partition coefficient (Wildman–Crippen LogP) is 7.05. The molecule has 4 aromatic rings. The van der Waals surface area contributed by atoms with Gasteiger partial charge in [0.1, 0.15) is 35.4 Å². The number of halogens is 4. The first-order valence-electron chi connectivity index (χ1n) is 17.7. The van der Waals surface area contributed by atoms with Gasteiger partial charge in [0.15, 0.2) is 0 Å². The molecule has 0 fully saturated rings. The Kier molecular flexibility index (Phi) is 17.0. The normalized spacial score (nSPS) is 12.6. The standard InChI is InChI=1S/C41H47F4N5O5S.2H2S/c1-40(2,3)27-9-13-33(14-10-27)49(7)37(51)35(21-25-17-29(42)23-30(43)18-25)46-39(53)48-56(54,55)47-36(22-26-19-31(44)24-32(45)20-26)38(52)50(8)34-15-11-28(12-16-34)41(4,5)6;;/h9-20,23-24,35-36,47H,21-22H2,1-8H3,(H2,46,48,53);2*1H2/t35-,36-;;/m0../s1. The molecule has 0 radical (unpaired) electrons. The van der Waals surface area contributed by atoms with Crippen molar-refractivity contribution in [1.29, 1.82) is 0 Å². The summed E-state index contributed by atoms with van der Waals surface area (Å²) in [4.78, 5) is 43.4. The number of urea groups is 1. The highest BCUT2D eigenvalue weighted by Gasteiger charge is 2.32. The number of nitrogens with one attached hydrogen (secondary N) is 3. The van der Waals surface area contributed by atoms with Gasteiger partial charge in [0.2, 0.25) is 11.8 Å². The van der Waals surface area contributed by atoms with Crippen molar-refractivity contribution in [2.45, 2.75) is 77.3 Å². The molecule has 0 unspecified atom stereocenters. The van der Waals surface area contributed by atoms with Gasteiger partial charge in [-0.25, -0.2) is 27.1 Å². The maximum Gasteiger partial charge on any atom is 0.330 e. The monoisotopic (exact) mass is 865 g/mol. The molecule has 0 saturated heterocycles. The van der Waals surface area contributed by atoms with E-state index in [9.17, 15) is 40.4 Å². The maximum atomic E-state index is 14.2. The van der Waals surface area contributed by atoms with Crippen LogP contribution in [0, 0.1) is 23.3 Å². The number of carbonyl (C=O) groups is 3. The van der Waals surface area contributed by atoms with Crippen LogP contribution in [0.2, 0.25) is 0 Å². The number of hydrogen-bond donors (Lipinski definition) is 3. The van der Waals surface area contributed by atoms with Gasteiger partial charge in [-0.3, -0.25) is 9.59 Å². The Morgan fingerprint density at radius 3 is 1.26 bits per heavy atom. The summed E-state index contributed by atoms with van der Waals surface area (Å²) in [5.74, 6) is -5.36. The smallest absolute Gasteiger partial charge is 0.325 e. The van der Waals surface area contributed by atoms with E-state index >= 15 is 0 Å². The Labute approximate surface area is 351 Å². The third-order valence-corrected chi connectivity index (χ3v) is 10.1. The van der Waals surface area contributed by atoms with Crippen molar-refractivity contribution in [2.75, 3.05) is 23.9 Å². The summed E-state index contributed by atoms with van der Waals surface area (Å²) < 4.78 is 87.3. The Morgan fingerprint density at radius 1 is 0.586 bits per heavy atom. The highest BCUT2D eigenvalue weighted by Crippen LogP contribution is 2.27. The highest BCUT2D eigenvalue weighted by molar-refractivity contribution is 7.88. The van der Waals surface area contributed by atoms with E-state index in [0.717, 1.165) is 40.3 Å². The molecule has 0 aromatic heterocycles. The van der Waals surface area contributed by atoms with E-state index in [-0.39, 0.29) is 48.9 Å². The average molecular weight is 866 g/mol. The van der Waals surface area contributed by atoms with Crippen LogP contribution in [-0.4, -0.2) is 52.4 Å². The number of amides is 4. The largest absolute Gasteiger partial charge is 0.330 e. The van der Waals surface area contributed by atoms with Crippen molar-refractivity contribution in [3.05, 3.63) is 130 Å². The van der Waals surface area contributed by atoms with Crippen LogP contribution < -0.4 is 24.6 Å². The van der Waals surface area contributed by atoms with E-state index < -0.39 is 76.2 Å². The fraction of sp³-hybridized carbons (Fsp3) is 0.341. The Hall–Kier alpha value is -4.58. The number of rotatable bonds is 12. The van der Waals surface area contributed by atoms with Crippen LogP contribution in [-0.2, 0) is 43.5 Å². The first kappa shape index (κ1) is 49.6. The number of anilines is 2. The van der Waals surface area contributed by atoms with Crippen LogP contribution in [0.4, 0.5) is 33.7 Å². The fourth-order valence-corrected chi connectivity index (χ4v) is 6.85. The summed E-state index contributed by atoms with van der Waals surface area (Å²) in [7, 11) is -2.14. The number of carbonyl (C=O) groups excluding carboxylic acids is 3. The molecule has 316 valence electrons. The summed E-state index contributed by atoms with van der Waals surface area (Å²) in [5, 5.41) is 2.28. The van der Waals surface area contributed by atoms with Crippen molar-refractivity contribution in [2.24, 2.45) is 0 Å². The molecule has 0 aliphatic carbocycles. The lowest BCUT2D eigenvalue weighted by molar-refractivity contribution is -0.120. The van der Waals surface area contributed by atoms with E-state index in [1.54, 1.807) is 41.1 Å². The topological polar surface area (TPSA) is 128 Å². The fourth-order valence-electron chi connectivity index (χ4n) is 5.93. The van der Waals surface area contributed by atoms with Gasteiger partial charge in [-0.15, -0.1) is 0 Å². The second-order valence-corrected chi connectivity index (χ2v) is 17.1. The molecule has 17 heteroatoms. The van der Waals surface area contributed by atoms with Gasteiger partial charge in [0, 0.05) is 44.0 Å². The Balaban J connectivity index is 0.00000580. The Bertz CT molecular complexity index is 2140. The van der Waals surface area contributed by atoms with Gasteiger partial charge in [0.25, 0.3) is 0 Å². The van der Waals surface area contributed by atoms with E-state index in [4.69, 9.17) is 0 Å². The molecule has 2 atom stereocenters. The molecule has 10 nitrogen and oxygen atoms in total. The van der Waals surface area contributed by atoms with Crippen molar-refractivity contribution in [3.8, 4) is 0 Å². The number of nitrogens with zero attached hydrogens (tertiary/aromatic N) is 2. The average Bonchev–Trinajstić information content (AvgIpc) is 3.08. The zero-order valence-electron chi connectivity index (χ0n) is 33.5. The van der Waals surface area contributed by atoms with Crippen LogP contribution in [0.3, 0.4) is 0 Å². The van der Waals surface area contributed by atoms with Crippen LogP contribution in [0.15, 0.2) is 84.9 Å². The first-order chi connectivity index (χ1) is 25.9. The molecular formula is C41H51F4N5O5S3. The molecule has 4 amide bonds. The number of likely N-dealkylation sites (N-methyl/N-ethyl adjacent to an activating group) is 2. The molecule has 0 heterocycles. The molecule has 0 aliphatic rings. The van der Waals surface area contributed by atoms with E-state index in [0.29, 0.717) is 23.5 Å². The highest BCUT2D eigenvalue weighted by atomic mass is 32.2. The summed E-state index contributed by atoms with van der Waals surface area (Å²) in [6.45, 7) is 12.1. The molecular weight excluding hydrogens is 815 g/mol. The summed E-state index contributed by atoms with van der Waals surface area (Å²) in [5.41, 5.74) is 2.30. The van der Waals surface area contributed by atoms with Crippen LogP contribution in [0.1, 0.15) is 63.8 Å². The molecule has 4 rings (SSSR count). The van der Waals surface area contributed by atoms with Crippen LogP contribution in [0.5, 0.6) is 0 Å². The molecule has 0 saturated carbocycles. The van der Waals surface area contributed by atoms with Gasteiger partial charge in [-0.1, -0.05) is 65.8 Å². The molecule has 3 N–H and O–H groups in total. The third kappa shape index (κ3) is 13.8. The van der Waals surface area contributed by atoms with Crippen molar-refractivity contribution < 1.29 is 40.4 Å². The molecule has 0 bridgehead atoms. The van der Waals surface area contributed by atoms with Gasteiger partial charge in [-0.05, 0) is 88.0 Å². The second-order valence-electron chi connectivity index (χ2n) is 15.7. The first-order valence-corrected chi connectivity index (χ1v) is 19.2. The van der Waals surface area contributed by atoms with Crippen molar-refractivity contribution >= 4 is 66.4 Å². The molecule has 4 aromatic carbocycles. The third-order valence-electron chi connectivity index (χ3n) is 9.05. The minimum atomic E-state index is -4.95. The zero-order chi connectivity index (χ0) is 41.7. The van der Waals surface area contributed by atoms with Gasteiger partial charge < -0.3 is 15.1 Å². The predicted molar refractivity (Wildman–Crippen MR) is 229 cm³/mol. The van der Waals surface area contributed by atoms with E-state index in [2.05, 4.69) is 10.0 Å². The lowest BCUT2D eigenvalue weighted by Crippen LogP contribution is -2.57. The van der Waals surface area contributed by atoms with E-state index in [1.165, 1.54) is 19.0 Å². The quantitative estimate of drug-likeness (QED) is 0.132. The van der Waals surface area contributed by atoms with Crippen molar-refractivity contribution in [1.82, 2.24) is 14.8 Å². The van der Waals surface area contributed by atoms with Crippen LogP contribution >= 0.6 is 27.0 Å². The van der Waals surface area contributed by atoms with Gasteiger partial charge in [-0.2, -0.15) is 40.1 Å². The SMILES string of the molecule is CN(C(=O)[C@H](Cc1cc(F)cc(F)c1)NC(=O)NS(=O)(=O)N[C@@H](Cc1cc(F)cc(F)c1)C(=O)N(C)c1ccc(C(C)(C)C)cc1)c1ccc(C(C)(C)C)cc1.S.S. The lowest BCUT2D eigenvalue weighted by Gasteiger charge is -2.27. The van der Waals surface area contributed by atoms with Crippen molar-refractivity contribution in [3.63, 3.8) is 0 Å². The summed E-state index contributed by atoms with van der Waals surface area (Å²) in [6, 6.07) is 14.4. The van der Waals surface area contributed by atoms with E-state index in [1.807, 2.05) is 53.7 Å². The zero-order valence-corrected chi connectivity index (χ0v) is 36.3. The van der Waals surface area contributed by atoms with Crippen LogP contribution in [0.25, 0.3) is 0 Å². The lowest BCUT2D eigenvalue weighted by atomic mass is 9.87. The summed E-state index contributed by atoms with van der Waals surface area (Å²) >= 11 is 0. The summed E-state index contributed by atoms with van der Waals surface area (Å²) in [6.07, 6.45) is -0.963.